The second kappa shape index (κ2) is 10.00. The van der Waals surface area contributed by atoms with Gasteiger partial charge in [0, 0.05) is 5.69 Å². The number of halogens is 1. The van der Waals surface area contributed by atoms with Gasteiger partial charge in [0.05, 0.1) is 23.3 Å². The van der Waals surface area contributed by atoms with Crippen LogP contribution in [0.5, 0.6) is 11.5 Å². The van der Waals surface area contributed by atoms with Crippen molar-refractivity contribution in [2.24, 2.45) is 0 Å². The van der Waals surface area contributed by atoms with Crippen LogP contribution >= 0.6 is 11.6 Å². The predicted molar refractivity (Wildman–Crippen MR) is 104 cm³/mol. The van der Waals surface area contributed by atoms with Gasteiger partial charge in [-0.2, -0.15) is 5.26 Å². The summed E-state index contributed by atoms with van der Waals surface area (Å²) >= 11 is 5.91. The fraction of sp³-hybridized carbons (Fsp3) is 0.150. The molecule has 2 aromatic carbocycles. The fourth-order valence-corrected chi connectivity index (χ4v) is 2.38. The SMILES string of the molecule is C=CCOc1ccc(C(=O)OCC(=O)Nc2ccc(C#N)c(Cl)c2)cc1OC. The first-order chi connectivity index (χ1) is 13.5. The summed E-state index contributed by atoms with van der Waals surface area (Å²) in [7, 11) is 1.45. The average molecular weight is 401 g/mol. The quantitative estimate of drug-likeness (QED) is 0.537. The first-order valence-corrected chi connectivity index (χ1v) is 8.44. The monoisotopic (exact) mass is 400 g/mol. The maximum Gasteiger partial charge on any atom is 0.338 e. The van der Waals surface area contributed by atoms with Gasteiger partial charge in [-0.25, -0.2) is 4.79 Å². The second-order valence-electron chi connectivity index (χ2n) is 5.40. The van der Waals surface area contributed by atoms with E-state index < -0.39 is 18.5 Å². The molecule has 0 saturated heterocycles. The zero-order chi connectivity index (χ0) is 20.5. The van der Waals surface area contributed by atoms with Gasteiger partial charge in [-0.1, -0.05) is 24.3 Å². The Kier molecular flexibility index (Phi) is 7.43. The number of nitriles is 1. The number of rotatable bonds is 8. The van der Waals surface area contributed by atoms with Crippen LogP contribution in [0.25, 0.3) is 0 Å². The number of carbonyl (C=O) groups is 2. The number of carbonyl (C=O) groups excluding carboxylic acids is 2. The zero-order valence-electron chi connectivity index (χ0n) is 15.0. The lowest BCUT2D eigenvalue weighted by molar-refractivity contribution is -0.119. The van der Waals surface area contributed by atoms with Gasteiger partial charge in [0.25, 0.3) is 5.91 Å². The number of hydrogen-bond acceptors (Lipinski definition) is 6. The highest BCUT2D eigenvalue weighted by Gasteiger charge is 2.14. The summed E-state index contributed by atoms with van der Waals surface area (Å²) in [6.07, 6.45) is 1.58. The van der Waals surface area contributed by atoms with Crippen molar-refractivity contribution >= 4 is 29.2 Å². The molecule has 1 N–H and O–H groups in total. The predicted octanol–water partition coefficient (Wildman–Crippen LogP) is 3.58. The second-order valence-corrected chi connectivity index (χ2v) is 5.80. The Hall–Kier alpha value is -3.50. The van der Waals surface area contributed by atoms with E-state index in [1.165, 1.54) is 37.4 Å². The molecule has 0 heterocycles. The molecule has 0 spiro atoms. The number of anilines is 1. The molecule has 0 bridgehead atoms. The summed E-state index contributed by atoms with van der Waals surface area (Å²) in [5.74, 6) is -0.434. The van der Waals surface area contributed by atoms with Crippen LogP contribution < -0.4 is 14.8 Å². The number of nitrogens with one attached hydrogen (secondary N) is 1. The molecule has 8 heteroatoms. The first-order valence-electron chi connectivity index (χ1n) is 8.06. The highest BCUT2D eigenvalue weighted by Crippen LogP contribution is 2.28. The maximum atomic E-state index is 12.2. The molecule has 0 aliphatic carbocycles. The van der Waals surface area contributed by atoms with Gasteiger partial charge in [-0.05, 0) is 36.4 Å². The van der Waals surface area contributed by atoms with Gasteiger partial charge >= 0.3 is 5.97 Å². The summed E-state index contributed by atoms with van der Waals surface area (Å²) in [5.41, 5.74) is 0.882. The number of nitrogens with zero attached hydrogens (tertiary/aromatic N) is 1. The molecule has 0 saturated carbocycles. The third-order valence-electron chi connectivity index (χ3n) is 3.46. The molecule has 28 heavy (non-hydrogen) atoms. The van der Waals surface area contributed by atoms with E-state index in [-0.39, 0.29) is 10.6 Å². The molecular formula is C20H17ClN2O5. The van der Waals surface area contributed by atoms with E-state index in [0.717, 1.165) is 0 Å². The van der Waals surface area contributed by atoms with Gasteiger partial charge in [0.2, 0.25) is 0 Å². The van der Waals surface area contributed by atoms with Crippen LogP contribution in [0.15, 0.2) is 49.1 Å². The Morgan fingerprint density at radius 2 is 2.04 bits per heavy atom. The minimum atomic E-state index is -0.693. The number of ether oxygens (including phenoxy) is 3. The minimum Gasteiger partial charge on any atom is -0.493 e. The summed E-state index contributed by atoms with van der Waals surface area (Å²) < 4.78 is 15.6. The summed E-state index contributed by atoms with van der Waals surface area (Å²) in [4.78, 5) is 24.1. The van der Waals surface area contributed by atoms with Crippen molar-refractivity contribution in [1.29, 1.82) is 5.26 Å². The van der Waals surface area contributed by atoms with Crippen molar-refractivity contribution in [2.45, 2.75) is 0 Å². The molecule has 2 aromatic rings. The molecule has 0 aliphatic rings. The van der Waals surface area contributed by atoms with E-state index >= 15 is 0 Å². The van der Waals surface area contributed by atoms with Crippen LogP contribution in [0.1, 0.15) is 15.9 Å². The third kappa shape index (κ3) is 5.50. The molecule has 0 unspecified atom stereocenters. The normalized spacial score (nSPS) is 9.75. The summed E-state index contributed by atoms with van der Waals surface area (Å²) in [6.45, 7) is 3.36. The fourth-order valence-electron chi connectivity index (χ4n) is 2.16. The standard InChI is InChI=1S/C20H17ClN2O5/c1-3-8-27-17-7-5-13(9-18(17)26-2)20(25)28-12-19(24)23-15-6-4-14(11-22)16(21)10-15/h3-7,9-10H,1,8,12H2,2H3,(H,23,24). The molecule has 0 fully saturated rings. The Morgan fingerprint density at radius 1 is 1.25 bits per heavy atom. The van der Waals surface area contributed by atoms with E-state index in [2.05, 4.69) is 11.9 Å². The molecule has 0 atom stereocenters. The van der Waals surface area contributed by atoms with E-state index in [0.29, 0.717) is 29.4 Å². The van der Waals surface area contributed by atoms with Gasteiger partial charge in [-0.3, -0.25) is 4.79 Å². The molecule has 0 aliphatic heterocycles. The zero-order valence-corrected chi connectivity index (χ0v) is 15.8. The van der Waals surface area contributed by atoms with E-state index in [9.17, 15) is 9.59 Å². The van der Waals surface area contributed by atoms with Crippen LogP contribution in [0.2, 0.25) is 5.02 Å². The topological polar surface area (TPSA) is 97.6 Å². The minimum absolute atomic E-state index is 0.206. The Morgan fingerprint density at radius 3 is 2.68 bits per heavy atom. The van der Waals surface area contributed by atoms with Crippen LogP contribution in [-0.2, 0) is 9.53 Å². The number of hydrogen-bond donors (Lipinski definition) is 1. The van der Waals surface area contributed by atoms with Crippen molar-refractivity contribution in [3.05, 3.63) is 65.2 Å². The Labute approximate surface area is 167 Å². The van der Waals surface area contributed by atoms with E-state index in [1.807, 2.05) is 6.07 Å². The highest BCUT2D eigenvalue weighted by atomic mass is 35.5. The number of esters is 1. The van der Waals surface area contributed by atoms with Crippen molar-refractivity contribution in [2.75, 3.05) is 25.6 Å². The number of methoxy groups -OCH3 is 1. The lowest BCUT2D eigenvalue weighted by Crippen LogP contribution is -2.21. The molecular weight excluding hydrogens is 384 g/mol. The average Bonchev–Trinajstić information content (AvgIpc) is 2.70. The molecule has 0 radical (unpaired) electrons. The first kappa shape index (κ1) is 20.8. The third-order valence-corrected chi connectivity index (χ3v) is 3.78. The van der Waals surface area contributed by atoms with Crippen LogP contribution in [-0.4, -0.2) is 32.2 Å². The van der Waals surface area contributed by atoms with Crippen LogP contribution in [0, 0.1) is 11.3 Å². The maximum absolute atomic E-state index is 12.2. The summed E-state index contributed by atoms with van der Waals surface area (Å²) in [5, 5.41) is 11.6. The van der Waals surface area contributed by atoms with Gasteiger partial charge in [-0.15, -0.1) is 0 Å². The van der Waals surface area contributed by atoms with Gasteiger partial charge in [0.15, 0.2) is 18.1 Å². The molecule has 144 valence electrons. The molecule has 0 aromatic heterocycles. The van der Waals surface area contributed by atoms with Crippen LogP contribution in [0.3, 0.4) is 0 Å². The lowest BCUT2D eigenvalue weighted by Gasteiger charge is -2.11. The van der Waals surface area contributed by atoms with Crippen molar-refractivity contribution in [3.8, 4) is 17.6 Å². The lowest BCUT2D eigenvalue weighted by atomic mass is 10.2. The van der Waals surface area contributed by atoms with Crippen molar-refractivity contribution in [3.63, 3.8) is 0 Å². The van der Waals surface area contributed by atoms with Crippen molar-refractivity contribution < 1.29 is 23.8 Å². The van der Waals surface area contributed by atoms with Gasteiger partial charge < -0.3 is 19.5 Å². The van der Waals surface area contributed by atoms with Crippen LogP contribution in [0.4, 0.5) is 5.69 Å². The van der Waals surface area contributed by atoms with Gasteiger partial charge in [0.1, 0.15) is 12.7 Å². The molecule has 1 amide bonds. The number of amides is 1. The smallest absolute Gasteiger partial charge is 0.338 e. The highest BCUT2D eigenvalue weighted by molar-refractivity contribution is 6.32. The number of benzene rings is 2. The summed E-state index contributed by atoms with van der Waals surface area (Å²) in [6, 6.07) is 10.9. The van der Waals surface area contributed by atoms with E-state index in [1.54, 1.807) is 12.1 Å². The Balaban J connectivity index is 1.95. The molecule has 7 nitrogen and oxygen atoms in total. The molecule has 2 rings (SSSR count). The largest absolute Gasteiger partial charge is 0.493 e. The van der Waals surface area contributed by atoms with Crippen molar-refractivity contribution in [1.82, 2.24) is 0 Å². The van der Waals surface area contributed by atoms with E-state index in [4.69, 9.17) is 31.1 Å². The Bertz CT molecular complexity index is 937.